The van der Waals surface area contributed by atoms with Crippen molar-refractivity contribution in [2.45, 2.75) is 13.1 Å². The highest BCUT2D eigenvalue weighted by atomic mass is 16.5. The van der Waals surface area contributed by atoms with Gasteiger partial charge in [0.2, 0.25) is 0 Å². The molecule has 0 saturated carbocycles. The van der Waals surface area contributed by atoms with Crippen LogP contribution in [0.2, 0.25) is 0 Å². The number of likely N-dealkylation sites (N-methyl/N-ethyl adjacent to an activating group) is 1. The van der Waals surface area contributed by atoms with Crippen LogP contribution in [0.3, 0.4) is 0 Å². The second kappa shape index (κ2) is 7.73. The molecule has 1 fully saturated rings. The monoisotopic (exact) mass is 314 g/mol. The second-order valence-electron chi connectivity index (χ2n) is 6.11. The lowest BCUT2D eigenvalue weighted by atomic mass is 10.3. The molecule has 0 spiro atoms. The van der Waals surface area contributed by atoms with Gasteiger partial charge in [-0.1, -0.05) is 18.2 Å². The summed E-state index contributed by atoms with van der Waals surface area (Å²) >= 11 is 0. The molecule has 0 N–H and O–H groups in total. The highest BCUT2D eigenvalue weighted by Gasteiger charge is 2.17. The summed E-state index contributed by atoms with van der Waals surface area (Å²) in [5, 5.41) is 0. The van der Waals surface area contributed by atoms with E-state index in [-0.39, 0.29) is 0 Å². The molecule has 0 unspecified atom stereocenters. The Morgan fingerprint density at radius 2 is 2.00 bits per heavy atom. The van der Waals surface area contributed by atoms with Gasteiger partial charge in [-0.05, 0) is 19.2 Å². The van der Waals surface area contributed by atoms with Crippen LogP contribution in [-0.4, -0.2) is 65.8 Å². The van der Waals surface area contributed by atoms with Crippen molar-refractivity contribution < 1.29 is 4.74 Å². The van der Waals surface area contributed by atoms with E-state index in [1.54, 1.807) is 6.08 Å². The molecule has 1 aromatic heterocycles. The summed E-state index contributed by atoms with van der Waals surface area (Å²) in [6.07, 6.45) is 1.79. The van der Waals surface area contributed by atoms with Crippen LogP contribution in [0, 0.1) is 0 Å². The van der Waals surface area contributed by atoms with Crippen molar-refractivity contribution in [2.24, 2.45) is 0 Å². The molecule has 1 aliphatic heterocycles. The molecule has 3 rings (SSSR count). The van der Waals surface area contributed by atoms with Crippen LogP contribution >= 0.6 is 0 Å². The zero-order valence-electron chi connectivity index (χ0n) is 13.9. The number of imidazole rings is 1. The van der Waals surface area contributed by atoms with E-state index < -0.39 is 0 Å². The largest absolute Gasteiger partial charge is 0.376 e. The number of fused-ring (bicyclic) bond motifs is 1. The van der Waals surface area contributed by atoms with Crippen molar-refractivity contribution in [3.63, 3.8) is 0 Å². The first kappa shape index (κ1) is 16.2. The van der Waals surface area contributed by atoms with E-state index in [0.717, 1.165) is 50.6 Å². The van der Waals surface area contributed by atoms with E-state index >= 15 is 0 Å². The van der Waals surface area contributed by atoms with Gasteiger partial charge in [-0.3, -0.25) is 4.90 Å². The summed E-state index contributed by atoms with van der Waals surface area (Å²) in [4.78, 5) is 9.72. The topological polar surface area (TPSA) is 33.5 Å². The third-order valence-corrected chi connectivity index (χ3v) is 4.39. The predicted molar refractivity (Wildman–Crippen MR) is 93.5 cm³/mol. The first-order valence-electron chi connectivity index (χ1n) is 8.31. The van der Waals surface area contributed by atoms with Gasteiger partial charge in [0.15, 0.2) is 0 Å². The van der Waals surface area contributed by atoms with Gasteiger partial charge in [0.1, 0.15) is 5.82 Å². The molecule has 0 radical (unpaired) electrons. The number of piperazine rings is 1. The number of aromatic nitrogens is 2. The van der Waals surface area contributed by atoms with Crippen LogP contribution in [0.25, 0.3) is 11.0 Å². The van der Waals surface area contributed by atoms with Crippen molar-refractivity contribution in [1.29, 1.82) is 0 Å². The van der Waals surface area contributed by atoms with E-state index in [4.69, 9.17) is 9.72 Å². The van der Waals surface area contributed by atoms with E-state index in [1.807, 2.05) is 6.07 Å². The fraction of sp³-hybridized carbons (Fsp3) is 0.500. The average Bonchev–Trinajstić information content (AvgIpc) is 2.91. The van der Waals surface area contributed by atoms with Crippen LogP contribution in [0.15, 0.2) is 36.9 Å². The van der Waals surface area contributed by atoms with E-state index in [9.17, 15) is 0 Å². The molecule has 23 heavy (non-hydrogen) atoms. The number of hydrogen-bond donors (Lipinski definition) is 0. The van der Waals surface area contributed by atoms with Crippen molar-refractivity contribution in [2.75, 3.05) is 46.4 Å². The fourth-order valence-electron chi connectivity index (χ4n) is 3.02. The number of nitrogens with zero attached hydrogens (tertiary/aromatic N) is 4. The minimum absolute atomic E-state index is 0.598. The number of benzene rings is 1. The van der Waals surface area contributed by atoms with Gasteiger partial charge in [0.05, 0.1) is 30.8 Å². The molecule has 1 aliphatic rings. The van der Waals surface area contributed by atoms with Crippen LogP contribution < -0.4 is 0 Å². The number of rotatable bonds is 7. The van der Waals surface area contributed by atoms with Crippen molar-refractivity contribution >= 4 is 11.0 Å². The smallest absolute Gasteiger partial charge is 0.124 e. The zero-order valence-corrected chi connectivity index (χ0v) is 13.9. The van der Waals surface area contributed by atoms with Gasteiger partial charge in [-0.25, -0.2) is 4.98 Å². The lowest BCUT2D eigenvalue weighted by Gasteiger charge is -2.32. The highest BCUT2D eigenvalue weighted by Crippen LogP contribution is 2.18. The number of para-hydroxylation sites is 2. The average molecular weight is 314 g/mol. The molecule has 0 atom stereocenters. The Morgan fingerprint density at radius 1 is 1.22 bits per heavy atom. The summed E-state index contributed by atoms with van der Waals surface area (Å²) in [6, 6.07) is 8.35. The van der Waals surface area contributed by atoms with E-state index in [2.05, 4.69) is 46.2 Å². The summed E-state index contributed by atoms with van der Waals surface area (Å²) < 4.78 is 7.88. The summed E-state index contributed by atoms with van der Waals surface area (Å²) in [5.41, 5.74) is 2.26. The highest BCUT2D eigenvalue weighted by molar-refractivity contribution is 5.75. The SMILES string of the molecule is C=CCOCCn1c(CN2CCN(C)CC2)nc2ccccc21. The van der Waals surface area contributed by atoms with Crippen LogP contribution in [0.1, 0.15) is 5.82 Å². The Balaban J connectivity index is 1.76. The van der Waals surface area contributed by atoms with Gasteiger partial charge in [-0.2, -0.15) is 0 Å². The molecule has 0 amide bonds. The van der Waals surface area contributed by atoms with E-state index in [0.29, 0.717) is 13.2 Å². The van der Waals surface area contributed by atoms with E-state index in [1.165, 1.54) is 5.52 Å². The minimum atomic E-state index is 0.598. The first-order valence-corrected chi connectivity index (χ1v) is 8.31. The van der Waals surface area contributed by atoms with Crippen LogP contribution in [-0.2, 0) is 17.8 Å². The maximum Gasteiger partial charge on any atom is 0.124 e. The van der Waals surface area contributed by atoms with Crippen molar-refractivity contribution in [3.05, 3.63) is 42.7 Å². The third kappa shape index (κ3) is 3.99. The molecule has 124 valence electrons. The predicted octanol–water partition coefficient (Wildman–Crippen LogP) is 1.99. The Bertz CT molecular complexity index is 644. The second-order valence-corrected chi connectivity index (χ2v) is 6.11. The molecule has 2 heterocycles. The number of hydrogen-bond acceptors (Lipinski definition) is 4. The Morgan fingerprint density at radius 3 is 2.78 bits per heavy atom. The standard InChI is InChI=1S/C18H26N4O/c1-3-13-23-14-12-22-17-7-5-4-6-16(17)19-18(22)15-21-10-8-20(2)9-11-21/h3-7H,1,8-15H2,2H3. The Kier molecular flexibility index (Phi) is 5.43. The molecule has 5 nitrogen and oxygen atoms in total. The fourth-order valence-corrected chi connectivity index (χ4v) is 3.02. The van der Waals surface area contributed by atoms with Crippen molar-refractivity contribution in [1.82, 2.24) is 19.4 Å². The first-order chi connectivity index (χ1) is 11.3. The summed E-state index contributed by atoms with van der Waals surface area (Å²) in [5.74, 6) is 1.14. The molecule has 0 aliphatic carbocycles. The molecular weight excluding hydrogens is 288 g/mol. The maximum absolute atomic E-state index is 5.58. The minimum Gasteiger partial charge on any atom is -0.376 e. The van der Waals surface area contributed by atoms with Crippen molar-refractivity contribution in [3.8, 4) is 0 Å². The lowest BCUT2D eigenvalue weighted by Crippen LogP contribution is -2.44. The molecule has 1 aromatic carbocycles. The zero-order chi connectivity index (χ0) is 16.1. The Hall–Kier alpha value is -1.69. The number of ether oxygens (including phenoxy) is 1. The van der Waals surface area contributed by atoms with Gasteiger partial charge in [0, 0.05) is 32.7 Å². The Labute approximate surface area is 138 Å². The molecule has 2 aromatic rings. The van der Waals surface area contributed by atoms with Crippen LogP contribution in [0.5, 0.6) is 0 Å². The van der Waals surface area contributed by atoms with Crippen LogP contribution in [0.4, 0.5) is 0 Å². The van der Waals surface area contributed by atoms with Gasteiger partial charge >= 0.3 is 0 Å². The summed E-state index contributed by atoms with van der Waals surface area (Å²) in [6.45, 7) is 11.2. The quantitative estimate of drug-likeness (QED) is 0.578. The van der Waals surface area contributed by atoms with Gasteiger partial charge < -0.3 is 14.2 Å². The molecular formula is C18H26N4O. The normalized spacial score (nSPS) is 16.9. The van der Waals surface area contributed by atoms with Gasteiger partial charge in [0.25, 0.3) is 0 Å². The lowest BCUT2D eigenvalue weighted by molar-refractivity contribution is 0.138. The van der Waals surface area contributed by atoms with Gasteiger partial charge in [-0.15, -0.1) is 6.58 Å². The third-order valence-electron chi connectivity index (χ3n) is 4.39. The summed E-state index contributed by atoms with van der Waals surface area (Å²) in [7, 11) is 2.18. The maximum atomic E-state index is 5.58. The molecule has 5 heteroatoms. The molecule has 1 saturated heterocycles. The molecule has 0 bridgehead atoms.